The van der Waals surface area contributed by atoms with Gasteiger partial charge in [0.05, 0.1) is 0 Å². The molecule has 1 N–H and O–H groups in total. The van der Waals surface area contributed by atoms with Gasteiger partial charge in [-0.25, -0.2) is 4.39 Å². The fourth-order valence-corrected chi connectivity index (χ4v) is 3.42. The summed E-state index contributed by atoms with van der Waals surface area (Å²) in [5.74, 6) is 0.406. The minimum Gasteiger partial charge on any atom is -0.385 e. The number of hydrogen-bond acceptors (Lipinski definition) is 1. The lowest BCUT2D eigenvalue weighted by atomic mass is 9.72. The highest BCUT2D eigenvalue weighted by atomic mass is 19.1. The highest BCUT2D eigenvalue weighted by molar-refractivity contribution is 5.57. The van der Waals surface area contributed by atoms with Crippen LogP contribution in [0.2, 0.25) is 0 Å². The summed E-state index contributed by atoms with van der Waals surface area (Å²) in [6.07, 6.45) is 2.03. The van der Waals surface area contributed by atoms with Crippen molar-refractivity contribution < 1.29 is 4.39 Å². The summed E-state index contributed by atoms with van der Waals surface area (Å²) in [5.41, 5.74) is 5.42. The summed E-state index contributed by atoms with van der Waals surface area (Å²) < 4.78 is 13.0. The Morgan fingerprint density at radius 2 is 1.73 bits per heavy atom. The summed E-state index contributed by atoms with van der Waals surface area (Å²) in [6, 6.07) is 13.5. The van der Waals surface area contributed by atoms with Crippen molar-refractivity contribution in [2.75, 3.05) is 11.9 Å². The molecule has 2 aromatic rings. The van der Waals surface area contributed by atoms with E-state index in [0.29, 0.717) is 5.92 Å². The zero-order valence-electron chi connectivity index (χ0n) is 13.6. The summed E-state index contributed by atoms with van der Waals surface area (Å²) in [4.78, 5) is 0. The third kappa shape index (κ3) is 3.16. The Labute approximate surface area is 132 Å². The second-order valence-electron chi connectivity index (χ2n) is 7.36. The Kier molecular flexibility index (Phi) is 3.94. The summed E-state index contributed by atoms with van der Waals surface area (Å²) >= 11 is 0. The highest BCUT2D eigenvalue weighted by Crippen LogP contribution is 2.43. The van der Waals surface area contributed by atoms with Crippen LogP contribution in [0.5, 0.6) is 0 Å². The van der Waals surface area contributed by atoms with Gasteiger partial charge in [-0.15, -0.1) is 0 Å². The van der Waals surface area contributed by atoms with E-state index in [1.807, 2.05) is 12.1 Å². The first-order valence-electron chi connectivity index (χ1n) is 8.04. The Bertz CT molecular complexity index is 652. The number of halogens is 1. The molecule has 0 fully saturated rings. The monoisotopic (exact) mass is 297 g/mol. The number of rotatable bonds is 2. The quantitative estimate of drug-likeness (QED) is 0.786. The van der Waals surface area contributed by atoms with Crippen molar-refractivity contribution in [1.29, 1.82) is 0 Å². The fraction of sp³-hybridized carbons (Fsp3) is 0.400. The first-order chi connectivity index (χ1) is 10.4. The largest absolute Gasteiger partial charge is 0.385 e. The van der Waals surface area contributed by atoms with Crippen LogP contribution in [-0.2, 0) is 6.42 Å². The Hall–Kier alpha value is -1.83. The van der Waals surface area contributed by atoms with E-state index in [9.17, 15) is 4.39 Å². The molecule has 0 aliphatic carbocycles. The number of nitrogens with one attached hydrogen (secondary N) is 1. The minimum absolute atomic E-state index is 0.175. The smallest absolute Gasteiger partial charge is 0.123 e. The zero-order valence-corrected chi connectivity index (χ0v) is 13.6. The lowest BCUT2D eigenvalue weighted by molar-refractivity contribution is 0.305. The average molecular weight is 297 g/mol. The van der Waals surface area contributed by atoms with E-state index < -0.39 is 0 Å². The average Bonchev–Trinajstić information content (AvgIpc) is 2.48. The number of anilines is 1. The highest BCUT2D eigenvalue weighted by Gasteiger charge is 2.30. The van der Waals surface area contributed by atoms with Gasteiger partial charge in [-0.3, -0.25) is 0 Å². The van der Waals surface area contributed by atoms with Gasteiger partial charge >= 0.3 is 0 Å². The molecular formula is C20H24FN. The number of fused-ring (bicyclic) bond motifs is 1. The molecule has 0 bridgehead atoms. The second kappa shape index (κ2) is 5.75. The van der Waals surface area contributed by atoms with Crippen molar-refractivity contribution in [2.24, 2.45) is 5.41 Å². The van der Waals surface area contributed by atoms with Gasteiger partial charge in [-0.2, -0.15) is 0 Å². The third-order valence-electron chi connectivity index (χ3n) is 4.61. The molecule has 0 spiro atoms. The maximum atomic E-state index is 13.0. The van der Waals surface area contributed by atoms with E-state index in [1.165, 1.54) is 35.4 Å². The van der Waals surface area contributed by atoms with E-state index in [0.717, 1.165) is 18.5 Å². The first kappa shape index (κ1) is 15.1. The van der Waals surface area contributed by atoms with Gasteiger partial charge in [0.2, 0.25) is 0 Å². The molecule has 0 saturated carbocycles. The van der Waals surface area contributed by atoms with Crippen molar-refractivity contribution in [3.8, 4) is 0 Å². The van der Waals surface area contributed by atoms with Gasteiger partial charge in [-0.1, -0.05) is 45.0 Å². The molecular weight excluding hydrogens is 273 g/mol. The summed E-state index contributed by atoms with van der Waals surface area (Å²) in [5, 5.41) is 3.51. The van der Waals surface area contributed by atoms with Crippen LogP contribution in [0.15, 0.2) is 42.5 Å². The Balaban J connectivity index is 1.90. The normalized spacial score (nSPS) is 17.7. The molecule has 1 nitrogen and oxygen atoms in total. The van der Waals surface area contributed by atoms with Gasteiger partial charge in [-0.05, 0) is 59.1 Å². The van der Waals surface area contributed by atoms with E-state index in [4.69, 9.17) is 0 Å². The molecule has 1 aliphatic heterocycles. The first-order valence-corrected chi connectivity index (χ1v) is 8.04. The molecule has 0 saturated heterocycles. The standard InChI is InChI=1S/C20H24FN/c1-20(2,3)18-10-11-22-19-9-6-15(13-17(18)19)12-14-4-7-16(21)8-5-14/h4-9,13,18,22H,10-12H2,1-3H3. The molecule has 0 amide bonds. The predicted molar refractivity (Wildman–Crippen MR) is 91.0 cm³/mol. The van der Waals surface area contributed by atoms with E-state index in [1.54, 1.807) is 0 Å². The topological polar surface area (TPSA) is 12.0 Å². The maximum absolute atomic E-state index is 13.0. The molecule has 3 rings (SSSR count). The van der Waals surface area contributed by atoms with Gasteiger partial charge in [0, 0.05) is 12.2 Å². The van der Waals surface area contributed by atoms with Crippen molar-refractivity contribution in [1.82, 2.24) is 0 Å². The SMILES string of the molecule is CC(C)(C)C1CCNc2ccc(Cc3ccc(F)cc3)cc21. The second-order valence-corrected chi connectivity index (χ2v) is 7.36. The van der Waals surface area contributed by atoms with Crippen LogP contribution < -0.4 is 5.32 Å². The lowest BCUT2D eigenvalue weighted by Gasteiger charge is -2.36. The van der Waals surface area contributed by atoms with Crippen LogP contribution in [0.3, 0.4) is 0 Å². The summed E-state index contributed by atoms with van der Waals surface area (Å²) in [6.45, 7) is 8.00. The molecule has 0 aromatic heterocycles. The number of benzene rings is 2. The van der Waals surface area contributed by atoms with Crippen LogP contribution in [0.1, 0.15) is 49.8 Å². The van der Waals surface area contributed by atoms with Crippen LogP contribution in [0, 0.1) is 11.2 Å². The molecule has 2 heteroatoms. The molecule has 1 atom stereocenters. The van der Waals surface area contributed by atoms with E-state index in [-0.39, 0.29) is 11.2 Å². The van der Waals surface area contributed by atoms with Gasteiger partial charge in [0.1, 0.15) is 5.82 Å². The van der Waals surface area contributed by atoms with Crippen LogP contribution in [0.4, 0.5) is 10.1 Å². The molecule has 116 valence electrons. The molecule has 1 aliphatic rings. The third-order valence-corrected chi connectivity index (χ3v) is 4.61. The van der Waals surface area contributed by atoms with Crippen molar-refractivity contribution in [3.63, 3.8) is 0 Å². The van der Waals surface area contributed by atoms with Gasteiger partial charge in [0.15, 0.2) is 0 Å². The lowest BCUT2D eigenvalue weighted by Crippen LogP contribution is -2.26. The van der Waals surface area contributed by atoms with Crippen LogP contribution in [-0.4, -0.2) is 6.54 Å². The molecule has 0 radical (unpaired) electrons. The van der Waals surface area contributed by atoms with E-state index in [2.05, 4.69) is 44.3 Å². The van der Waals surface area contributed by atoms with E-state index >= 15 is 0 Å². The van der Waals surface area contributed by atoms with Crippen LogP contribution in [0.25, 0.3) is 0 Å². The van der Waals surface area contributed by atoms with Crippen molar-refractivity contribution >= 4 is 5.69 Å². The summed E-state index contributed by atoms with van der Waals surface area (Å²) in [7, 11) is 0. The van der Waals surface area contributed by atoms with Gasteiger partial charge in [0.25, 0.3) is 0 Å². The molecule has 1 heterocycles. The minimum atomic E-state index is -0.175. The maximum Gasteiger partial charge on any atom is 0.123 e. The molecule has 1 unspecified atom stereocenters. The Morgan fingerprint density at radius 1 is 1.05 bits per heavy atom. The van der Waals surface area contributed by atoms with Crippen LogP contribution >= 0.6 is 0 Å². The predicted octanol–water partition coefficient (Wildman–Crippen LogP) is 5.36. The number of hydrogen-bond donors (Lipinski definition) is 1. The fourth-order valence-electron chi connectivity index (χ4n) is 3.42. The Morgan fingerprint density at radius 3 is 2.41 bits per heavy atom. The zero-order chi connectivity index (χ0) is 15.7. The van der Waals surface area contributed by atoms with Crippen molar-refractivity contribution in [3.05, 3.63) is 65.0 Å². The van der Waals surface area contributed by atoms with Gasteiger partial charge < -0.3 is 5.32 Å². The molecule has 22 heavy (non-hydrogen) atoms. The molecule has 2 aromatic carbocycles. The van der Waals surface area contributed by atoms with Crippen molar-refractivity contribution in [2.45, 2.75) is 39.5 Å².